The van der Waals surface area contributed by atoms with Gasteiger partial charge in [-0.2, -0.15) is 5.10 Å². The lowest BCUT2D eigenvalue weighted by molar-refractivity contribution is -0.139. The minimum atomic E-state index is -0.671. The number of nitrogens with one attached hydrogen (secondary N) is 2. The molecule has 2 aliphatic rings. The first-order chi connectivity index (χ1) is 19.2. The maximum Gasteiger partial charge on any atom is 0.267 e. The van der Waals surface area contributed by atoms with Gasteiger partial charge in [0.2, 0.25) is 5.91 Å². The van der Waals surface area contributed by atoms with Crippen LogP contribution >= 0.6 is 0 Å². The molecule has 2 amide bonds. The van der Waals surface area contributed by atoms with Gasteiger partial charge in [0.25, 0.3) is 11.5 Å². The van der Waals surface area contributed by atoms with Crippen molar-refractivity contribution >= 4 is 11.8 Å². The molecule has 1 aromatic carbocycles. The number of aryl methyl sites for hydroxylation is 2. The van der Waals surface area contributed by atoms with Crippen LogP contribution in [0.4, 0.5) is 4.39 Å². The van der Waals surface area contributed by atoms with Gasteiger partial charge in [-0.05, 0) is 81.5 Å². The number of allylic oxidation sites excluding steroid dienone is 3. The molecule has 3 N–H and O–H groups in total. The van der Waals surface area contributed by atoms with E-state index in [1.807, 2.05) is 33.8 Å². The maximum absolute atomic E-state index is 14.3. The van der Waals surface area contributed by atoms with Crippen LogP contribution in [0.15, 0.2) is 53.1 Å². The van der Waals surface area contributed by atoms with Crippen molar-refractivity contribution in [1.29, 1.82) is 0 Å². The van der Waals surface area contributed by atoms with Gasteiger partial charge in [0.1, 0.15) is 5.83 Å². The zero-order chi connectivity index (χ0) is 30.1. The molecule has 1 aromatic heterocycles. The molecule has 0 bridgehead atoms. The summed E-state index contributed by atoms with van der Waals surface area (Å²) in [6, 6.07) is 6.46. The fourth-order valence-corrected chi connectivity index (χ4v) is 6.18. The van der Waals surface area contributed by atoms with Gasteiger partial charge in [0, 0.05) is 40.5 Å². The van der Waals surface area contributed by atoms with Crippen LogP contribution in [-0.4, -0.2) is 56.8 Å². The Morgan fingerprint density at radius 3 is 2.63 bits per heavy atom. The first kappa shape index (κ1) is 30.4. The summed E-state index contributed by atoms with van der Waals surface area (Å²) in [7, 11) is 0. The van der Waals surface area contributed by atoms with Gasteiger partial charge in [0.15, 0.2) is 0 Å². The molecule has 2 unspecified atom stereocenters. The minimum Gasteiger partial charge on any atom is -0.393 e. The summed E-state index contributed by atoms with van der Waals surface area (Å²) in [4.78, 5) is 40.8. The molecule has 1 aliphatic heterocycles. The number of aromatic amines is 1. The van der Waals surface area contributed by atoms with E-state index in [0.29, 0.717) is 42.5 Å². The highest BCUT2D eigenvalue weighted by atomic mass is 19.1. The summed E-state index contributed by atoms with van der Waals surface area (Å²) in [6.45, 7) is 11.0. The number of rotatable bonds is 8. The van der Waals surface area contributed by atoms with Crippen LogP contribution in [0, 0.1) is 24.7 Å². The van der Waals surface area contributed by atoms with E-state index in [2.05, 4.69) is 15.5 Å². The SMILES string of the molecule is Cc1cc(Cc2ccc(C(=O)NCC(=O)N3[C@H](C4(C)C=C(F)C=CC4)CC[C@@H]3C(C)(C)C(C)O)cc2C)c(=O)[nH]n1. The molecule has 2 aromatic rings. The summed E-state index contributed by atoms with van der Waals surface area (Å²) in [6.07, 6.45) is 6.53. The van der Waals surface area contributed by atoms with Crippen LogP contribution in [0.3, 0.4) is 0 Å². The lowest BCUT2D eigenvalue weighted by Crippen LogP contribution is -2.56. The molecule has 41 heavy (non-hydrogen) atoms. The first-order valence-corrected chi connectivity index (χ1v) is 14.2. The fourth-order valence-electron chi connectivity index (χ4n) is 6.18. The largest absolute Gasteiger partial charge is 0.393 e. The van der Waals surface area contributed by atoms with E-state index in [-0.39, 0.29) is 41.8 Å². The summed E-state index contributed by atoms with van der Waals surface area (Å²) < 4.78 is 14.3. The number of aliphatic hydroxyl groups excluding tert-OH is 1. The fraction of sp³-hybridized carbons (Fsp3) is 0.500. The Morgan fingerprint density at radius 1 is 1.24 bits per heavy atom. The lowest BCUT2D eigenvalue weighted by Gasteiger charge is -2.46. The number of aromatic nitrogens is 2. The van der Waals surface area contributed by atoms with Crippen molar-refractivity contribution in [3.8, 4) is 0 Å². The zero-order valence-electron chi connectivity index (χ0n) is 24.8. The van der Waals surface area contributed by atoms with Gasteiger partial charge in [-0.1, -0.05) is 32.9 Å². The molecule has 4 rings (SSSR count). The summed E-state index contributed by atoms with van der Waals surface area (Å²) in [5.41, 5.74) is 2.04. The zero-order valence-corrected chi connectivity index (χ0v) is 24.8. The van der Waals surface area contributed by atoms with Gasteiger partial charge in [-0.25, -0.2) is 9.49 Å². The molecule has 0 saturated carbocycles. The predicted octanol–water partition coefficient (Wildman–Crippen LogP) is 4.29. The van der Waals surface area contributed by atoms with Crippen LogP contribution < -0.4 is 10.9 Å². The van der Waals surface area contributed by atoms with E-state index in [1.54, 1.807) is 49.1 Å². The Labute approximate surface area is 240 Å². The van der Waals surface area contributed by atoms with E-state index >= 15 is 0 Å². The summed E-state index contributed by atoms with van der Waals surface area (Å²) >= 11 is 0. The van der Waals surface area contributed by atoms with Crippen LogP contribution in [0.1, 0.15) is 79.7 Å². The number of nitrogens with zero attached hydrogens (tertiary/aromatic N) is 2. The van der Waals surface area contributed by atoms with E-state index in [4.69, 9.17) is 0 Å². The third kappa shape index (κ3) is 6.35. The topological polar surface area (TPSA) is 115 Å². The highest BCUT2D eigenvalue weighted by Crippen LogP contribution is 2.47. The molecule has 0 radical (unpaired) electrons. The second-order valence-electron chi connectivity index (χ2n) is 12.4. The van der Waals surface area contributed by atoms with Crippen LogP contribution in [0.25, 0.3) is 0 Å². The molecule has 1 aliphatic carbocycles. The van der Waals surface area contributed by atoms with E-state index in [0.717, 1.165) is 11.1 Å². The average Bonchev–Trinajstić information content (AvgIpc) is 3.37. The third-order valence-corrected chi connectivity index (χ3v) is 9.07. The molecular formula is C32H41FN4O4. The number of H-pyrrole nitrogens is 1. The average molecular weight is 565 g/mol. The number of carbonyl (C=O) groups excluding carboxylic acids is 2. The molecule has 220 valence electrons. The predicted molar refractivity (Wildman–Crippen MR) is 156 cm³/mol. The van der Waals surface area contributed by atoms with Crippen LogP contribution in [0.5, 0.6) is 0 Å². The number of hydrogen-bond donors (Lipinski definition) is 3. The van der Waals surface area contributed by atoms with E-state index in [1.165, 1.54) is 6.08 Å². The van der Waals surface area contributed by atoms with Crippen molar-refractivity contribution < 1.29 is 19.1 Å². The second-order valence-corrected chi connectivity index (χ2v) is 12.4. The van der Waals surface area contributed by atoms with Crippen molar-refractivity contribution in [1.82, 2.24) is 20.4 Å². The Balaban J connectivity index is 1.50. The van der Waals surface area contributed by atoms with Gasteiger partial charge in [0.05, 0.1) is 18.3 Å². The van der Waals surface area contributed by atoms with Crippen molar-refractivity contribution in [3.63, 3.8) is 0 Å². The van der Waals surface area contributed by atoms with Gasteiger partial charge >= 0.3 is 0 Å². The Morgan fingerprint density at radius 2 is 1.98 bits per heavy atom. The Hall–Kier alpha value is -3.59. The Bertz CT molecular complexity index is 1440. The molecule has 8 nitrogen and oxygen atoms in total. The molecule has 0 spiro atoms. The third-order valence-electron chi connectivity index (χ3n) is 9.07. The van der Waals surface area contributed by atoms with E-state index in [9.17, 15) is 23.9 Å². The normalized spacial score (nSPS) is 23.3. The Kier molecular flexibility index (Phi) is 8.68. The van der Waals surface area contributed by atoms with Crippen LogP contribution in [-0.2, 0) is 11.2 Å². The first-order valence-electron chi connectivity index (χ1n) is 14.2. The van der Waals surface area contributed by atoms with E-state index < -0.39 is 16.9 Å². The minimum absolute atomic E-state index is 0.216. The number of carbonyl (C=O) groups is 2. The number of aliphatic hydroxyl groups is 1. The highest BCUT2D eigenvalue weighted by Gasteiger charge is 2.51. The highest BCUT2D eigenvalue weighted by molar-refractivity contribution is 5.96. The number of halogens is 1. The van der Waals surface area contributed by atoms with Crippen molar-refractivity contribution in [3.05, 3.63) is 86.6 Å². The smallest absolute Gasteiger partial charge is 0.267 e. The second kappa shape index (κ2) is 11.7. The summed E-state index contributed by atoms with van der Waals surface area (Å²) in [5.74, 6) is -0.963. The molecule has 1 fully saturated rings. The number of hydrogen-bond acceptors (Lipinski definition) is 5. The van der Waals surface area contributed by atoms with Crippen LogP contribution in [0.2, 0.25) is 0 Å². The molecular weight excluding hydrogens is 523 g/mol. The van der Waals surface area contributed by atoms with Crippen molar-refractivity contribution in [2.75, 3.05) is 6.54 Å². The summed E-state index contributed by atoms with van der Waals surface area (Å²) in [5, 5.41) is 19.7. The maximum atomic E-state index is 14.3. The van der Waals surface area contributed by atoms with Gasteiger partial charge < -0.3 is 15.3 Å². The van der Waals surface area contributed by atoms with Crippen molar-refractivity contribution in [2.24, 2.45) is 10.8 Å². The van der Waals surface area contributed by atoms with Gasteiger partial charge in [-0.15, -0.1) is 0 Å². The molecule has 9 heteroatoms. The molecule has 4 atom stereocenters. The monoisotopic (exact) mass is 564 g/mol. The van der Waals surface area contributed by atoms with Crippen molar-refractivity contribution in [2.45, 2.75) is 85.4 Å². The number of amides is 2. The number of benzene rings is 1. The molecule has 2 heterocycles. The van der Waals surface area contributed by atoms with Gasteiger partial charge in [-0.3, -0.25) is 14.4 Å². The quantitative estimate of drug-likeness (QED) is 0.443. The number of likely N-dealkylation sites (tertiary alicyclic amines) is 1. The molecule has 1 saturated heterocycles. The lowest BCUT2D eigenvalue weighted by atomic mass is 9.75. The standard InChI is InChI=1S/C32H41FN4O4/c1-19-14-23(10-9-22(19)16-24-15-20(2)35-36-30(24)41)29(40)34-18-28(39)37-26(31(4,5)21(3)38)11-12-27(37)32(6)13-7-8-25(33)17-32/h7-10,14-15,17,21,26-27,38H,11-13,16,18H2,1-6H3,(H,34,40)(H,36,41)/t21?,26-,27+,32?/m1/s1.